The van der Waals surface area contributed by atoms with Crippen molar-refractivity contribution in [3.05, 3.63) is 42.3 Å². The molecule has 0 spiro atoms. The van der Waals surface area contributed by atoms with Crippen LogP contribution in [-0.4, -0.2) is 10.7 Å². The molecule has 1 unspecified atom stereocenters. The molecule has 19 heavy (non-hydrogen) atoms. The van der Waals surface area contributed by atoms with Crippen molar-refractivity contribution in [3.63, 3.8) is 0 Å². The highest BCUT2D eigenvalue weighted by molar-refractivity contribution is 5.27. The molecule has 0 saturated carbocycles. The monoisotopic (exact) mass is 273 g/mol. The largest absolute Gasteiger partial charge is 0.416 e. The van der Waals surface area contributed by atoms with Crippen molar-refractivity contribution < 1.29 is 18.3 Å². The lowest BCUT2D eigenvalue weighted by molar-refractivity contribution is -0.137. The van der Waals surface area contributed by atoms with Crippen LogP contribution in [0.4, 0.5) is 13.2 Å². The summed E-state index contributed by atoms with van der Waals surface area (Å²) in [5.41, 5.74) is -1.68. The molecule has 0 aliphatic heterocycles. The van der Waals surface area contributed by atoms with Gasteiger partial charge >= 0.3 is 6.18 Å². The number of aliphatic hydroxyl groups is 1. The van der Waals surface area contributed by atoms with Crippen LogP contribution in [0.3, 0.4) is 0 Å². The van der Waals surface area contributed by atoms with Crippen LogP contribution < -0.4 is 0 Å². The molecular formula is C15H20F3O. The van der Waals surface area contributed by atoms with Gasteiger partial charge in [0.05, 0.1) is 11.2 Å². The van der Waals surface area contributed by atoms with Crippen molar-refractivity contribution in [3.8, 4) is 0 Å². The van der Waals surface area contributed by atoms with E-state index in [2.05, 4.69) is 6.92 Å². The summed E-state index contributed by atoms with van der Waals surface area (Å²) in [4.78, 5) is 0. The fourth-order valence-corrected chi connectivity index (χ4v) is 1.90. The number of halogens is 3. The van der Waals surface area contributed by atoms with Crippen molar-refractivity contribution in [2.24, 2.45) is 5.41 Å². The summed E-state index contributed by atoms with van der Waals surface area (Å²) in [7, 11) is 0. The first-order valence-electron chi connectivity index (χ1n) is 6.17. The smallest absolute Gasteiger partial charge is 0.390 e. The summed E-state index contributed by atoms with van der Waals surface area (Å²) >= 11 is 0. The first kappa shape index (κ1) is 16.0. The van der Waals surface area contributed by atoms with E-state index in [1.807, 2.05) is 13.8 Å². The number of hydrogen-bond acceptors (Lipinski definition) is 1. The fraction of sp³-hybridized carbons (Fsp3) is 0.533. The highest BCUT2D eigenvalue weighted by atomic mass is 19.4. The van der Waals surface area contributed by atoms with Crippen molar-refractivity contribution in [1.29, 1.82) is 0 Å². The Hall–Kier alpha value is -1.03. The van der Waals surface area contributed by atoms with Crippen molar-refractivity contribution in [1.82, 2.24) is 0 Å². The molecule has 0 aliphatic rings. The molecule has 0 bridgehead atoms. The van der Waals surface area contributed by atoms with Crippen LogP contribution >= 0.6 is 0 Å². The number of alkyl halides is 3. The van der Waals surface area contributed by atoms with E-state index in [-0.39, 0.29) is 0 Å². The normalized spacial score (nSPS) is 16.2. The van der Waals surface area contributed by atoms with Gasteiger partial charge < -0.3 is 5.11 Å². The van der Waals surface area contributed by atoms with Gasteiger partial charge in [0, 0.05) is 0 Å². The second-order valence-electron chi connectivity index (χ2n) is 5.78. The highest BCUT2D eigenvalue weighted by Gasteiger charge is 2.38. The predicted octanol–water partition coefficient (Wildman–Crippen LogP) is 4.25. The van der Waals surface area contributed by atoms with Crippen LogP contribution in [0.15, 0.2) is 24.3 Å². The Morgan fingerprint density at radius 1 is 1.16 bits per heavy atom. The van der Waals surface area contributed by atoms with Gasteiger partial charge in [-0.15, -0.1) is 0 Å². The molecule has 1 N–H and O–H groups in total. The topological polar surface area (TPSA) is 20.2 Å². The lowest BCUT2D eigenvalue weighted by Crippen LogP contribution is -2.42. The molecule has 0 amide bonds. The van der Waals surface area contributed by atoms with Crippen molar-refractivity contribution >= 4 is 0 Å². The summed E-state index contributed by atoms with van der Waals surface area (Å²) in [6.45, 7) is 9.02. The summed E-state index contributed by atoms with van der Waals surface area (Å²) < 4.78 is 37.9. The molecule has 0 fully saturated rings. The summed E-state index contributed by atoms with van der Waals surface area (Å²) in [6, 6.07) is 5.24. The molecule has 1 rings (SSSR count). The van der Waals surface area contributed by atoms with Gasteiger partial charge in [0.15, 0.2) is 0 Å². The maximum atomic E-state index is 12.6. The van der Waals surface area contributed by atoms with Gasteiger partial charge in [0.1, 0.15) is 0 Å². The van der Waals surface area contributed by atoms with Crippen LogP contribution in [0, 0.1) is 12.3 Å². The van der Waals surface area contributed by atoms with Crippen LogP contribution in [0.1, 0.15) is 38.3 Å². The molecular weight excluding hydrogens is 253 g/mol. The Bertz CT molecular complexity index is 433. The van der Waals surface area contributed by atoms with Crippen LogP contribution in [0.25, 0.3) is 0 Å². The zero-order valence-electron chi connectivity index (χ0n) is 11.5. The Balaban J connectivity index is 3.01. The Morgan fingerprint density at radius 3 is 2.21 bits per heavy atom. The molecule has 1 radical (unpaired) electrons. The molecule has 0 heterocycles. The highest BCUT2D eigenvalue weighted by Crippen LogP contribution is 2.37. The van der Waals surface area contributed by atoms with E-state index in [0.717, 1.165) is 12.1 Å². The molecule has 0 aliphatic carbocycles. The second kappa shape index (κ2) is 5.16. The number of rotatable bonds is 4. The van der Waals surface area contributed by atoms with E-state index < -0.39 is 22.8 Å². The van der Waals surface area contributed by atoms with Crippen LogP contribution in [0.5, 0.6) is 0 Å². The maximum absolute atomic E-state index is 12.6. The van der Waals surface area contributed by atoms with Crippen molar-refractivity contribution in [2.75, 3.05) is 0 Å². The van der Waals surface area contributed by atoms with Gasteiger partial charge in [0.25, 0.3) is 0 Å². The van der Waals surface area contributed by atoms with Gasteiger partial charge in [-0.05, 0) is 36.8 Å². The minimum atomic E-state index is -4.34. The maximum Gasteiger partial charge on any atom is 0.416 e. The van der Waals surface area contributed by atoms with E-state index in [1.54, 1.807) is 13.0 Å². The number of benzene rings is 1. The third-order valence-electron chi connectivity index (χ3n) is 3.85. The minimum Gasteiger partial charge on any atom is -0.390 e. The van der Waals surface area contributed by atoms with Crippen LogP contribution in [-0.2, 0) is 12.6 Å². The number of hydrogen-bond donors (Lipinski definition) is 1. The zero-order chi connectivity index (χ0) is 14.9. The molecule has 0 aromatic heterocycles. The van der Waals surface area contributed by atoms with Gasteiger partial charge in [-0.3, -0.25) is 0 Å². The standard InChI is InChI=1S/C15H20F3O/c1-5-14(4,19)13(2,3)10-11-7-6-8-12(9-11)15(16,17)18/h6-9,19H,1,5,10H2,2-4H3. The molecule has 1 aromatic carbocycles. The Kier molecular flexibility index (Phi) is 4.35. The van der Waals surface area contributed by atoms with E-state index in [9.17, 15) is 18.3 Å². The summed E-state index contributed by atoms with van der Waals surface area (Å²) in [5, 5.41) is 10.3. The quantitative estimate of drug-likeness (QED) is 0.869. The van der Waals surface area contributed by atoms with E-state index >= 15 is 0 Å². The molecule has 1 atom stereocenters. The average molecular weight is 273 g/mol. The molecule has 1 nitrogen and oxygen atoms in total. The lowest BCUT2D eigenvalue weighted by Gasteiger charge is -2.39. The SMILES string of the molecule is [CH2]CC(C)(O)C(C)(C)Cc1cccc(C(F)(F)F)c1. The first-order chi connectivity index (χ1) is 8.49. The lowest BCUT2D eigenvalue weighted by atomic mass is 9.70. The van der Waals surface area contributed by atoms with Gasteiger partial charge in [0.2, 0.25) is 0 Å². The van der Waals surface area contributed by atoms with E-state index in [1.165, 1.54) is 6.07 Å². The summed E-state index contributed by atoms with van der Waals surface area (Å²) in [6.07, 6.45) is -3.67. The first-order valence-corrected chi connectivity index (χ1v) is 6.17. The molecule has 1 aromatic rings. The molecule has 107 valence electrons. The van der Waals surface area contributed by atoms with Crippen LogP contribution in [0.2, 0.25) is 0 Å². The molecule has 4 heteroatoms. The average Bonchev–Trinajstić information content (AvgIpc) is 2.27. The minimum absolute atomic E-state index is 0.305. The van der Waals surface area contributed by atoms with Gasteiger partial charge in [-0.25, -0.2) is 0 Å². The second-order valence-corrected chi connectivity index (χ2v) is 5.78. The Labute approximate surface area is 112 Å². The third kappa shape index (κ3) is 3.72. The Morgan fingerprint density at radius 2 is 1.74 bits per heavy atom. The third-order valence-corrected chi connectivity index (χ3v) is 3.85. The zero-order valence-corrected chi connectivity index (χ0v) is 11.5. The fourth-order valence-electron chi connectivity index (χ4n) is 1.90. The van der Waals surface area contributed by atoms with Gasteiger partial charge in [-0.2, -0.15) is 13.2 Å². The predicted molar refractivity (Wildman–Crippen MR) is 69.5 cm³/mol. The summed E-state index contributed by atoms with van der Waals surface area (Å²) in [5.74, 6) is 0. The van der Waals surface area contributed by atoms with Crippen molar-refractivity contribution in [2.45, 2.75) is 45.4 Å². The van der Waals surface area contributed by atoms with E-state index in [4.69, 9.17) is 0 Å². The van der Waals surface area contributed by atoms with Gasteiger partial charge in [-0.1, -0.05) is 39.0 Å². The van der Waals surface area contributed by atoms with E-state index in [0.29, 0.717) is 18.4 Å². The molecule has 0 saturated heterocycles.